The molecule has 1 N–H and O–H groups in total. The van der Waals surface area contributed by atoms with E-state index < -0.39 is 67.7 Å². The Morgan fingerprint density at radius 3 is 2.43 bits per heavy atom. The first-order valence-corrected chi connectivity index (χ1v) is 22.2. The van der Waals surface area contributed by atoms with Crippen LogP contribution in [-0.4, -0.2) is 71.5 Å². The van der Waals surface area contributed by atoms with Crippen LogP contribution in [0.15, 0.2) is 47.8 Å². The number of aromatic nitrogens is 1. The lowest BCUT2D eigenvalue weighted by Gasteiger charge is -2.35. The maximum absolute atomic E-state index is 14.8. The van der Waals surface area contributed by atoms with Crippen LogP contribution in [0.1, 0.15) is 111 Å². The highest BCUT2D eigenvalue weighted by Crippen LogP contribution is 2.57. The molecular weight excluding hydrogens is 735 g/mol. The minimum atomic E-state index is -3.86. The maximum Gasteiger partial charge on any atom is 0.306 e. The number of hydrogen-bond donors (Lipinski definition) is 1. The molecule has 12 nitrogen and oxygen atoms in total. The number of amides is 2. The third-order valence-corrected chi connectivity index (χ3v) is 14.9. The van der Waals surface area contributed by atoms with Crippen LogP contribution in [0.3, 0.4) is 0 Å². The standard InChI is InChI=1S/C43H57N3O9S/c1-5-29-24-43(29,41(51)44-56(52,53)31-18-19-31)25-35(47)34-22-30-26-46(34)40(50)33(42(2,3)4)23-38(48)55-36-17-12-15-27(36)13-8-6-7-11-20-45-37(54-30)21-28-14-9-10-16-32(28)39(45)49/h5,9-10,14,16,21,27,29-31,33-34,36H,1,6-8,11-13,15,17-20,22-26H2,2-4H3,(H,44,51)/t27-,29+,30-,33-,34+,36-,43-/m1/s1. The quantitative estimate of drug-likeness (QED) is 0.269. The Kier molecular flexibility index (Phi) is 11.3. The van der Waals surface area contributed by atoms with E-state index in [9.17, 15) is 32.4 Å². The molecule has 2 bridgehead atoms. The van der Waals surface area contributed by atoms with E-state index in [1.165, 1.54) is 4.90 Å². The number of ketones is 1. The molecule has 56 heavy (non-hydrogen) atoms. The van der Waals surface area contributed by atoms with Crippen LogP contribution in [0, 0.1) is 28.6 Å². The van der Waals surface area contributed by atoms with Gasteiger partial charge in [0.25, 0.3) is 5.56 Å². The molecule has 2 aromatic rings. The topological polar surface area (TPSA) is 158 Å². The monoisotopic (exact) mass is 791 g/mol. The van der Waals surface area contributed by atoms with Crippen molar-refractivity contribution in [3.8, 4) is 5.88 Å². The number of carbonyl (C=O) groups is 4. The highest BCUT2D eigenvalue weighted by Gasteiger charge is 2.61. The van der Waals surface area contributed by atoms with Gasteiger partial charge in [-0.15, -0.1) is 6.58 Å². The van der Waals surface area contributed by atoms with Crippen molar-refractivity contribution in [2.75, 3.05) is 6.54 Å². The summed E-state index contributed by atoms with van der Waals surface area (Å²) < 4.78 is 42.3. The third-order valence-electron chi connectivity index (χ3n) is 13.0. The van der Waals surface area contributed by atoms with Gasteiger partial charge in [-0.3, -0.25) is 33.3 Å². The summed E-state index contributed by atoms with van der Waals surface area (Å²) >= 11 is 0. The fourth-order valence-electron chi connectivity index (χ4n) is 9.36. The molecule has 5 aliphatic rings. The molecule has 0 spiro atoms. The Labute approximate surface area is 329 Å². The second kappa shape index (κ2) is 15.7. The van der Waals surface area contributed by atoms with Crippen molar-refractivity contribution in [3.63, 3.8) is 0 Å². The molecule has 2 aliphatic heterocycles. The molecule has 13 heteroatoms. The van der Waals surface area contributed by atoms with E-state index in [1.807, 2.05) is 45.0 Å². The van der Waals surface area contributed by atoms with Gasteiger partial charge in [0.1, 0.15) is 12.2 Å². The summed E-state index contributed by atoms with van der Waals surface area (Å²) in [4.78, 5) is 72.1. The van der Waals surface area contributed by atoms with Crippen LogP contribution < -0.4 is 15.0 Å². The summed E-state index contributed by atoms with van der Waals surface area (Å²) in [6.45, 7) is 9.98. The minimum absolute atomic E-state index is 0.0166. The smallest absolute Gasteiger partial charge is 0.306 e. The van der Waals surface area contributed by atoms with E-state index >= 15 is 0 Å². The number of nitrogens with zero attached hydrogens (tertiary/aromatic N) is 2. The normalized spacial score (nSPS) is 30.5. The summed E-state index contributed by atoms with van der Waals surface area (Å²) in [7, 11) is -3.86. The second-order valence-corrected chi connectivity index (χ2v) is 20.0. The van der Waals surface area contributed by atoms with Crippen LogP contribution >= 0.6 is 0 Å². The van der Waals surface area contributed by atoms with E-state index in [0.717, 1.165) is 56.8 Å². The fraction of sp³-hybridized carbons (Fsp3) is 0.651. The molecule has 1 aromatic carbocycles. The number of Topliss-reactive ketones (excluding diaryl/α,β-unsaturated/α-hetero) is 1. The Balaban J connectivity index is 1.23. The van der Waals surface area contributed by atoms with Gasteiger partial charge < -0.3 is 14.4 Å². The number of hydrogen-bond acceptors (Lipinski definition) is 9. The van der Waals surface area contributed by atoms with Crippen molar-refractivity contribution in [3.05, 3.63) is 53.3 Å². The molecule has 0 radical (unpaired) electrons. The van der Waals surface area contributed by atoms with Gasteiger partial charge in [-0.1, -0.05) is 64.3 Å². The van der Waals surface area contributed by atoms with Crippen molar-refractivity contribution >= 4 is 44.4 Å². The van der Waals surface area contributed by atoms with Gasteiger partial charge >= 0.3 is 5.97 Å². The number of sulfonamides is 1. The number of nitrogens with one attached hydrogen (secondary N) is 1. The fourth-order valence-corrected chi connectivity index (χ4v) is 10.7. The molecule has 1 saturated heterocycles. The number of ether oxygens (including phenoxy) is 2. The van der Waals surface area contributed by atoms with Crippen molar-refractivity contribution in [1.29, 1.82) is 0 Å². The molecule has 304 valence electrons. The summed E-state index contributed by atoms with van der Waals surface area (Å²) in [5.41, 5.74) is -2.15. The Morgan fingerprint density at radius 2 is 1.71 bits per heavy atom. The molecule has 3 heterocycles. The SMILES string of the molecule is C=C[C@H]1C[C@]1(CC(=O)[C@@H]1C[C@@H]2CN1C(=O)[C@H](C(C)(C)C)CC(=O)O[C@@H]1CCC[C@H]1CCCCCCn1c(cc3ccccc3c1=O)O2)C(=O)NS(=O)(=O)C1CC1. The van der Waals surface area contributed by atoms with Crippen molar-refractivity contribution < 1.29 is 37.1 Å². The van der Waals surface area contributed by atoms with Crippen molar-refractivity contribution in [1.82, 2.24) is 14.2 Å². The van der Waals surface area contributed by atoms with Crippen molar-refractivity contribution in [2.24, 2.45) is 28.6 Å². The first-order valence-electron chi connectivity index (χ1n) is 20.6. The summed E-state index contributed by atoms with van der Waals surface area (Å²) in [6.07, 6.45) is 8.93. The first kappa shape index (κ1) is 40.2. The number of pyridine rings is 1. The van der Waals surface area contributed by atoms with Gasteiger partial charge in [-0.2, -0.15) is 0 Å². The average molecular weight is 792 g/mol. The van der Waals surface area contributed by atoms with E-state index in [4.69, 9.17) is 9.47 Å². The van der Waals surface area contributed by atoms with E-state index in [0.29, 0.717) is 30.7 Å². The lowest BCUT2D eigenvalue weighted by Crippen LogP contribution is -2.48. The molecule has 2 amide bonds. The Bertz CT molecular complexity index is 2050. The van der Waals surface area contributed by atoms with Gasteiger partial charge in [0.2, 0.25) is 21.8 Å². The predicted molar refractivity (Wildman–Crippen MR) is 211 cm³/mol. The van der Waals surface area contributed by atoms with Gasteiger partial charge in [0.15, 0.2) is 11.7 Å². The minimum Gasteiger partial charge on any atom is -0.473 e. The van der Waals surface area contributed by atoms with Crippen LogP contribution in [0.25, 0.3) is 10.8 Å². The number of rotatable bonds is 7. The summed E-state index contributed by atoms with van der Waals surface area (Å²) in [6, 6.07) is 8.17. The van der Waals surface area contributed by atoms with Crippen LogP contribution in [0.5, 0.6) is 5.88 Å². The molecule has 7 rings (SSSR count). The van der Waals surface area contributed by atoms with Gasteiger partial charge in [0, 0.05) is 30.8 Å². The summed E-state index contributed by atoms with van der Waals surface area (Å²) in [5.74, 6) is -2.54. The van der Waals surface area contributed by atoms with Gasteiger partial charge in [-0.25, -0.2) is 8.42 Å². The Hall–Kier alpha value is -4.00. The Morgan fingerprint density at radius 1 is 0.982 bits per heavy atom. The number of benzene rings is 1. The molecule has 3 aliphatic carbocycles. The largest absolute Gasteiger partial charge is 0.473 e. The lowest BCUT2D eigenvalue weighted by molar-refractivity contribution is -0.158. The van der Waals surface area contributed by atoms with Crippen molar-refractivity contribution in [2.45, 2.75) is 141 Å². The van der Waals surface area contributed by atoms with Crippen LogP contribution in [0.4, 0.5) is 0 Å². The molecule has 3 saturated carbocycles. The number of carbonyl (C=O) groups excluding carboxylic acids is 4. The van der Waals surface area contributed by atoms with E-state index in [-0.39, 0.29) is 55.7 Å². The zero-order chi connectivity index (χ0) is 40.0. The third kappa shape index (κ3) is 8.34. The van der Waals surface area contributed by atoms with E-state index in [2.05, 4.69) is 11.3 Å². The zero-order valence-corrected chi connectivity index (χ0v) is 33.8. The lowest BCUT2D eigenvalue weighted by atomic mass is 9.77. The predicted octanol–water partition coefficient (Wildman–Crippen LogP) is 5.84. The maximum atomic E-state index is 14.8. The van der Waals surface area contributed by atoms with Gasteiger partial charge in [0.05, 0.1) is 35.6 Å². The molecular formula is C43H57N3O9S. The van der Waals surface area contributed by atoms with Crippen LogP contribution in [-0.2, 0) is 40.5 Å². The number of allylic oxidation sites excluding steroid dienone is 1. The average Bonchev–Trinajstić information content (AvgIpc) is 4.04. The molecule has 1 aromatic heterocycles. The first-order chi connectivity index (χ1) is 26.6. The molecule has 7 atom stereocenters. The number of fused-ring (bicyclic) bond motifs is 5. The highest BCUT2D eigenvalue weighted by molar-refractivity contribution is 7.90. The second-order valence-electron chi connectivity index (χ2n) is 18.1. The van der Waals surface area contributed by atoms with Crippen LogP contribution in [0.2, 0.25) is 0 Å². The number of esters is 1. The highest BCUT2D eigenvalue weighted by atomic mass is 32.2. The van der Waals surface area contributed by atoms with Gasteiger partial charge in [-0.05, 0) is 80.1 Å². The molecule has 0 unspecified atom stereocenters. The zero-order valence-electron chi connectivity index (χ0n) is 33.0. The summed E-state index contributed by atoms with van der Waals surface area (Å²) in [5, 5.41) is 0.682. The van der Waals surface area contributed by atoms with E-state index in [1.54, 1.807) is 16.7 Å². The molecule has 4 fully saturated rings.